The molecule has 2 unspecified atom stereocenters. The molecular formula is C22H20I2. The molecule has 2 atom stereocenters. The molecular weight excluding hydrogens is 518 g/mol. The number of hydrogen-bond donors (Lipinski definition) is 0. The molecule has 0 bridgehead atoms. The number of benzene rings is 2. The Morgan fingerprint density at radius 1 is 0.875 bits per heavy atom. The van der Waals surface area contributed by atoms with Crippen LogP contribution in [0.15, 0.2) is 60.7 Å². The van der Waals surface area contributed by atoms with Crippen LogP contribution in [-0.4, -0.2) is 0 Å². The standard InChI is InChI=1S/C22H20I2/c1-22(2)20(14-6-3-8-16(23)12-14)18-10-5-11-19(18)21(22)15-7-4-9-17(24)13-15/h3-10,12-13,18-19H,11H2,1-2H3. The van der Waals surface area contributed by atoms with Gasteiger partial charge in [0.05, 0.1) is 0 Å². The number of hydrogen-bond acceptors (Lipinski definition) is 0. The first-order chi connectivity index (χ1) is 11.5. The fourth-order valence-electron chi connectivity index (χ4n) is 4.71. The van der Waals surface area contributed by atoms with Gasteiger partial charge in [-0.25, -0.2) is 0 Å². The minimum atomic E-state index is 0.0922. The largest absolute Gasteiger partial charge is 0.0879 e. The Kier molecular flexibility index (Phi) is 4.57. The minimum absolute atomic E-state index is 0.0922. The van der Waals surface area contributed by atoms with Crippen LogP contribution in [-0.2, 0) is 0 Å². The summed E-state index contributed by atoms with van der Waals surface area (Å²) in [6.45, 7) is 4.84. The van der Waals surface area contributed by atoms with Crippen LogP contribution >= 0.6 is 45.2 Å². The summed E-state index contributed by atoms with van der Waals surface area (Å²) >= 11 is 4.85. The highest BCUT2D eigenvalue weighted by Crippen LogP contribution is 2.64. The van der Waals surface area contributed by atoms with Crippen LogP contribution in [0.3, 0.4) is 0 Å². The molecule has 0 heterocycles. The predicted octanol–water partition coefficient (Wildman–Crippen LogP) is 6.67. The summed E-state index contributed by atoms with van der Waals surface area (Å²) in [5.74, 6) is 4.37. The first-order valence-corrected chi connectivity index (χ1v) is 10.6. The summed E-state index contributed by atoms with van der Waals surface area (Å²) in [6.07, 6.45) is 6.00. The second kappa shape index (κ2) is 6.42. The SMILES string of the molecule is CC1(C)[C](c2cccc(I)c2)C2C=CCC2[C]1c1cccc(I)c1. The Morgan fingerprint density at radius 3 is 2.04 bits per heavy atom. The van der Waals surface area contributed by atoms with E-state index in [1.807, 2.05) is 0 Å². The molecule has 2 aliphatic rings. The van der Waals surface area contributed by atoms with Gasteiger partial charge in [0.2, 0.25) is 0 Å². The average molecular weight is 538 g/mol. The van der Waals surface area contributed by atoms with Gasteiger partial charge in [0.1, 0.15) is 0 Å². The maximum Gasteiger partial charge on any atom is 0.0187 e. The van der Waals surface area contributed by atoms with Crippen LogP contribution in [0.4, 0.5) is 0 Å². The molecule has 0 nitrogen and oxygen atoms in total. The van der Waals surface area contributed by atoms with E-state index in [-0.39, 0.29) is 5.41 Å². The number of rotatable bonds is 2. The Morgan fingerprint density at radius 2 is 1.46 bits per heavy atom. The Bertz CT molecular complexity index is 790. The maximum atomic E-state index is 2.45. The molecule has 0 aromatic heterocycles. The minimum Gasteiger partial charge on any atom is -0.0879 e. The van der Waals surface area contributed by atoms with Crippen LogP contribution in [0.2, 0.25) is 0 Å². The smallest absolute Gasteiger partial charge is 0.0187 e. The van der Waals surface area contributed by atoms with Crippen molar-refractivity contribution in [1.29, 1.82) is 0 Å². The molecule has 0 aliphatic heterocycles. The first kappa shape index (κ1) is 17.1. The fourth-order valence-corrected chi connectivity index (χ4v) is 5.80. The molecule has 2 aliphatic carbocycles. The van der Waals surface area contributed by atoms with E-state index in [4.69, 9.17) is 0 Å². The van der Waals surface area contributed by atoms with E-state index in [2.05, 4.69) is 120 Å². The molecule has 122 valence electrons. The molecule has 2 radical (unpaired) electrons. The van der Waals surface area contributed by atoms with Crippen molar-refractivity contribution in [1.82, 2.24) is 0 Å². The summed E-state index contributed by atoms with van der Waals surface area (Å²) < 4.78 is 2.63. The Labute approximate surface area is 172 Å². The second-order valence-corrected chi connectivity index (χ2v) is 9.76. The van der Waals surface area contributed by atoms with E-state index in [1.54, 1.807) is 11.8 Å². The van der Waals surface area contributed by atoms with Crippen LogP contribution in [0.25, 0.3) is 0 Å². The lowest BCUT2D eigenvalue weighted by molar-refractivity contribution is 0.451. The third-order valence-electron chi connectivity index (χ3n) is 5.49. The predicted molar refractivity (Wildman–Crippen MR) is 118 cm³/mol. The van der Waals surface area contributed by atoms with E-state index >= 15 is 0 Å². The highest BCUT2D eigenvalue weighted by molar-refractivity contribution is 14.1. The molecule has 4 rings (SSSR count). The van der Waals surface area contributed by atoms with Crippen molar-refractivity contribution in [2.45, 2.75) is 20.3 Å². The second-order valence-electron chi connectivity index (χ2n) is 7.27. The zero-order chi connectivity index (χ0) is 16.9. The molecule has 2 heteroatoms. The van der Waals surface area contributed by atoms with Gasteiger partial charge in [-0.1, -0.05) is 50.3 Å². The average Bonchev–Trinajstić information content (AvgIpc) is 3.03. The van der Waals surface area contributed by atoms with Gasteiger partial charge in [-0.05, 0) is 104 Å². The van der Waals surface area contributed by atoms with E-state index in [0.717, 1.165) is 0 Å². The van der Waals surface area contributed by atoms with E-state index in [1.165, 1.54) is 24.7 Å². The molecule has 2 aromatic rings. The number of allylic oxidation sites excluding steroid dienone is 2. The lowest BCUT2D eigenvalue weighted by Crippen LogP contribution is -2.26. The molecule has 2 aromatic carbocycles. The highest BCUT2D eigenvalue weighted by atomic mass is 127. The van der Waals surface area contributed by atoms with Gasteiger partial charge < -0.3 is 0 Å². The van der Waals surface area contributed by atoms with Crippen molar-refractivity contribution < 1.29 is 0 Å². The fraction of sp³-hybridized carbons (Fsp3) is 0.273. The van der Waals surface area contributed by atoms with Gasteiger partial charge >= 0.3 is 0 Å². The Balaban J connectivity index is 1.83. The molecule has 0 N–H and O–H groups in total. The monoisotopic (exact) mass is 538 g/mol. The maximum absolute atomic E-state index is 2.45. The van der Waals surface area contributed by atoms with E-state index in [0.29, 0.717) is 11.8 Å². The molecule has 1 fully saturated rings. The van der Waals surface area contributed by atoms with Crippen LogP contribution in [0.5, 0.6) is 0 Å². The van der Waals surface area contributed by atoms with Gasteiger partial charge in [0.15, 0.2) is 0 Å². The summed E-state index contributed by atoms with van der Waals surface area (Å²) in [4.78, 5) is 0. The lowest BCUT2D eigenvalue weighted by Gasteiger charge is -2.35. The summed E-state index contributed by atoms with van der Waals surface area (Å²) in [5, 5.41) is 0. The Hall–Kier alpha value is -0.360. The molecule has 0 spiro atoms. The summed E-state index contributed by atoms with van der Waals surface area (Å²) in [7, 11) is 0. The lowest BCUT2D eigenvalue weighted by atomic mass is 9.68. The molecule has 0 saturated heterocycles. The van der Waals surface area contributed by atoms with Gasteiger partial charge in [0, 0.05) is 19.0 Å². The van der Waals surface area contributed by atoms with Crippen LogP contribution in [0, 0.1) is 36.2 Å². The summed E-state index contributed by atoms with van der Waals surface area (Å²) in [6, 6.07) is 18.0. The van der Waals surface area contributed by atoms with Gasteiger partial charge in [-0.15, -0.1) is 0 Å². The zero-order valence-electron chi connectivity index (χ0n) is 13.9. The number of halogens is 2. The first-order valence-electron chi connectivity index (χ1n) is 8.41. The van der Waals surface area contributed by atoms with E-state index in [9.17, 15) is 0 Å². The van der Waals surface area contributed by atoms with Crippen molar-refractivity contribution in [3.05, 3.63) is 90.8 Å². The summed E-state index contributed by atoms with van der Waals surface area (Å²) in [5.41, 5.74) is 2.93. The molecule has 1 saturated carbocycles. The third-order valence-corrected chi connectivity index (χ3v) is 6.83. The van der Waals surface area contributed by atoms with Crippen molar-refractivity contribution in [2.24, 2.45) is 17.3 Å². The van der Waals surface area contributed by atoms with Crippen molar-refractivity contribution in [2.75, 3.05) is 0 Å². The number of fused-ring (bicyclic) bond motifs is 1. The van der Waals surface area contributed by atoms with Crippen LogP contribution < -0.4 is 0 Å². The van der Waals surface area contributed by atoms with Crippen molar-refractivity contribution >= 4 is 45.2 Å². The van der Waals surface area contributed by atoms with Crippen molar-refractivity contribution in [3.63, 3.8) is 0 Å². The quantitative estimate of drug-likeness (QED) is 0.296. The topological polar surface area (TPSA) is 0 Å². The molecule has 0 amide bonds. The normalized spacial score (nSPS) is 26.0. The third kappa shape index (κ3) is 2.77. The van der Waals surface area contributed by atoms with Gasteiger partial charge in [0.25, 0.3) is 0 Å². The highest BCUT2D eigenvalue weighted by Gasteiger charge is 2.56. The van der Waals surface area contributed by atoms with Crippen LogP contribution in [0.1, 0.15) is 31.4 Å². The molecule has 24 heavy (non-hydrogen) atoms. The van der Waals surface area contributed by atoms with Crippen molar-refractivity contribution in [3.8, 4) is 0 Å². The van der Waals surface area contributed by atoms with Gasteiger partial charge in [-0.3, -0.25) is 0 Å². The van der Waals surface area contributed by atoms with E-state index < -0.39 is 0 Å². The van der Waals surface area contributed by atoms with Gasteiger partial charge in [-0.2, -0.15) is 0 Å². The zero-order valence-corrected chi connectivity index (χ0v) is 18.2.